The van der Waals surface area contributed by atoms with E-state index in [-0.39, 0.29) is 34.9 Å². The summed E-state index contributed by atoms with van der Waals surface area (Å²) in [4.78, 5) is 21.9. The molecule has 102 valence electrons. The third-order valence-electron chi connectivity index (χ3n) is 3.30. The van der Waals surface area contributed by atoms with Crippen LogP contribution in [-0.2, 0) is 4.79 Å². The largest absolute Gasteiger partial charge is 0.506 e. The SMILES string of the molecule is C[C@@H]1CNC[C@H]1C(=O)Nc1ccc([N+](=O)[O-])cc1O. The maximum absolute atomic E-state index is 12.0. The number of nitro benzene ring substituents is 1. The fourth-order valence-corrected chi connectivity index (χ4v) is 2.13. The van der Waals surface area contributed by atoms with Gasteiger partial charge >= 0.3 is 0 Å². The van der Waals surface area contributed by atoms with Crippen molar-refractivity contribution in [2.75, 3.05) is 18.4 Å². The number of nitrogens with one attached hydrogen (secondary N) is 2. The standard InChI is InChI=1S/C12H15N3O4/c1-7-5-13-6-9(7)12(17)14-10-3-2-8(15(18)19)4-11(10)16/h2-4,7,9,13,16H,5-6H2,1H3,(H,14,17)/t7-,9-/m1/s1. The van der Waals surface area contributed by atoms with Crippen LogP contribution in [0.15, 0.2) is 18.2 Å². The molecule has 1 fully saturated rings. The Hall–Kier alpha value is -2.15. The van der Waals surface area contributed by atoms with Crippen molar-refractivity contribution < 1.29 is 14.8 Å². The Bertz CT molecular complexity index is 518. The molecule has 0 bridgehead atoms. The van der Waals surface area contributed by atoms with Crippen LogP contribution >= 0.6 is 0 Å². The average Bonchev–Trinajstić information content (AvgIpc) is 2.77. The first-order valence-electron chi connectivity index (χ1n) is 5.98. The summed E-state index contributed by atoms with van der Waals surface area (Å²) in [5.74, 6) is -0.433. The van der Waals surface area contributed by atoms with Crippen LogP contribution in [0.5, 0.6) is 5.75 Å². The number of hydrogen-bond acceptors (Lipinski definition) is 5. The number of benzene rings is 1. The second-order valence-corrected chi connectivity index (χ2v) is 4.69. The molecule has 0 aromatic heterocycles. The summed E-state index contributed by atoms with van der Waals surface area (Å²) in [6.07, 6.45) is 0. The Morgan fingerprint density at radius 2 is 2.26 bits per heavy atom. The maximum Gasteiger partial charge on any atom is 0.273 e. The molecule has 0 spiro atoms. The molecule has 7 nitrogen and oxygen atoms in total. The fraction of sp³-hybridized carbons (Fsp3) is 0.417. The first-order valence-corrected chi connectivity index (χ1v) is 5.98. The van der Waals surface area contributed by atoms with E-state index in [1.54, 1.807) is 0 Å². The zero-order chi connectivity index (χ0) is 14.0. The first kappa shape index (κ1) is 13.3. The fourth-order valence-electron chi connectivity index (χ4n) is 2.13. The molecule has 0 unspecified atom stereocenters. The molecule has 1 saturated heterocycles. The molecular weight excluding hydrogens is 250 g/mol. The van der Waals surface area contributed by atoms with Crippen LogP contribution in [0, 0.1) is 22.0 Å². The number of anilines is 1. The van der Waals surface area contributed by atoms with Gasteiger partial charge in [0.25, 0.3) is 5.69 Å². The van der Waals surface area contributed by atoms with Crippen molar-refractivity contribution in [1.82, 2.24) is 5.32 Å². The summed E-state index contributed by atoms with van der Waals surface area (Å²) in [5.41, 5.74) is -0.0268. The lowest BCUT2D eigenvalue weighted by Crippen LogP contribution is -2.27. The average molecular weight is 265 g/mol. The van der Waals surface area contributed by atoms with Gasteiger partial charge in [-0.25, -0.2) is 0 Å². The van der Waals surface area contributed by atoms with Crippen LogP contribution < -0.4 is 10.6 Å². The minimum Gasteiger partial charge on any atom is -0.506 e. The highest BCUT2D eigenvalue weighted by molar-refractivity contribution is 5.94. The Morgan fingerprint density at radius 1 is 1.53 bits per heavy atom. The lowest BCUT2D eigenvalue weighted by molar-refractivity contribution is -0.384. The predicted molar refractivity (Wildman–Crippen MR) is 68.9 cm³/mol. The number of nitrogens with zero attached hydrogens (tertiary/aromatic N) is 1. The van der Waals surface area contributed by atoms with Crippen LogP contribution in [-0.4, -0.2) is 29.0 Å². The molecule has 1 heterocycles. The number of rotatable bonds is 3. The first-order chi connectivity index (χ1) is 8.99. The lowest BCUT2D eigenvalue weighted by atomic mass is 9.97. The van der Waals surface area contributed by atoms with E-state index >= 15 is 0 Å². The number of non-ortho nitro benzene ring substituents is 1. The highest BCUT2D eigenvalue weighted by atomic mass is 16.6. The van der Waals surface area contributed by atoms with Gasteiger partial charge in [-0.2, -0.15) is 0 Å². The van der Waals surface area contributed by atoms with E-state index in [0.29, 0.717) is 6.54 Å². The molecule has 2 rings (SSSR count). The van der Waals surface area contributed by atoms with Gasteiger partial charge in [0.2, 0.25) is 5.91 Å². The number of carbonyl (C=O) groups excluding carboxylic acids is 1. The smallest absolute Gasteiger partial charge is 0.273 e. The number of phenolic OH excluding ortho intramolecular Hbond substituents is 1. The number of aromatic hydroxyl groups is 1. The molecule has 0 saturated carbocycles. The number of amides is 1. The Balaban J connectivity index is 2.11. The van der Waals surface area contributed by atoms with Crippen molar-refractivity contribution in [2.45, 2.75) is 6.92 Å². The summed E-state index contributed by atoms with van der Waals surface area (Å²) < 4.78 is 0. The highest BCUT2D eigenvalue weighted by Crippen LogP contribution is 2.29. The van der Waals surface area contributed by atoms with Gasteiger partial charge in [0, 0.05) is 12.6 Å². The maximum atomic E-state index is 12.0. The summed E-state index contributed by atoms with van der Waals surface area (Å²) in [5, 5.41) is 25.9. The second kappa shape index (κ2) is 5.23. The lowest BCUT2D eigenvalue weighted by Gasteiger charge is -2.14. The van der Waals surface area contributed by atoms with Gasteiger partial charge in [-0.1, -0.05) is 6.92 Å². The molecular formula is C12H15N3O4. The van der Waals surface area contributed by atoms with Crippen LogP contribution in [0.3, 0.4) is 0 Å². The minimum absolute atomic E-state index is 0.158. The van der Waals surface area contributed by atoms with Crippen molar-refractivity contribution in [3.8, 4) is 5.75 Å². The van der Waals surface area contributed by atoms with Gasteiger partial charge in [0.05, 0.1) is 22.6 Å². The van der Waals surface area contributed by atoms with Crippen LogP contribution in [0.2, 0.25) is 0 Å². The number of nitro groups is 1. The highest BCUT2D eigenvalue weighted by Gasteiger charge is 2.30. The number of carbonyl (C=O) groups is 1. The van der Waals surface area contributed by atoms with E-state index in [4.69, 9.17) is 0 Å². The molecule has 0 radical (unpaired) electrons. The number of phenols is 1. The zero-order valence-corrected chi connectivity index (χ0v) is 10.4. The predicted octanol–water partition coefficient (Wildman–Crippen LogP) is 1.09. The zero-order valence-electron chi connectivity index (χ0n) is 10.4. The molecule has 1 aliphatic heterocycles. The molecule has 1 amide bonds. The minimum atomic E-state index is -0.603. The van der Waals surface area contributed by atoms with Crippen molar-refractivity contribution in [3.05, 3.63) is 28.3 Å². The van der Waals surface area contributed by atoms with Gasteiger partial charge in [-0.15, -0.1) is 0 Å². The van der Waals surface area contributed by atoms with Gasteiger partial charge < -0.3 is 15.7 Å². The third-order valence-corrected chi connectivity index (χ3v) is 3.30. The van der Waals surface area contributed by atoms with Crippen molar-refractivity contribution in [3.63, 3.8) is 0 Å². The van der Waals surface area contributed by atoms with Crippen LogP contribution in [0.25, 0.3) is 0 Å². The van der Waals surface area contributed by atoms with E-state index in [2.05, 4.69) is 10.6 Å². The van der Waals surface area contributed by atoms with Crippen molar-refractivity contribution >= 4 is 17.3 Å². The quantitative estimate of drug-likeness (QED) is 0.431. The van der Waals surface area contributed by atoms with Crippen LogP contribution in [0.4, 0.5) is 11.4 Å². The van der Waals surface area contributed by atoms with Gasteiger partial charge in [-0.3, -0.25) is 14.9 Å². The van der Waals surface area contributed by atoms with Crippen LogP contribution in [0.1, 0.15) is 6.92 Å². The summed E-state index contributed by atoms with van der Waals surface area (Å²) in [6.45, 7) is 3.35. The second-order valence-electron chi connectivity index (χ2n) is 4.69. The summed E-state index contributed by atoms with van der Waals surface area (Å²) >= 11 is 0. The molecule has 0 aliphatic carbocycles. The van der Waals surface area contributed by atoms with Gasteiger partial charge in [0.1, 0.15) is 5.75 Å². The molecule has 19 heavy (non-hydrogen) atoms. The topological polar surface area (TPSA) is 104 Å². The van der Waals surface area contributed by atoms with E-state index in [1.165, 1.54) is 12.1 Å². The molecule has 2 atom stereocenters. The van der Waals surface area contributed by atoms with Gasteiger partial charge in [-0.05, 0) is 18.5 Å². The molecule has 1 aliphatic rings. The summed E-state index contributed by atoms with van der Waals surface area (Å²) in [7, 11) is 0. The normalized spacial score (nSPS) is 22.2. The molecule has 7 heteroatoms. The Labute approximate surface area is 109 Å². The van der Waals surface area contributed by atoms with E-state index < -0.39 is 4.92 Å². The Kier molecular flexibility index (Phi) is 3.66. The van der Waals surface area contributed by atoms with E-state index in [9.17, 15) is 20.0 Å². The van der Waals surface area contributed by atoms with E-state index in [1.807, 2.05) is 6.92 Å². The summed E-state index contributed by atoms with van der Waals surface area (Å²) in [6, 6.07) is 3.59. The van der Waals surface area contributed by atoms with E-state index in [0.717, 1.165) is 12.6 Å². The monoisotopic (exact) mass is 265 g/mol. The Morgan fingerprint density at radius 3 is 2.79 bits per heavy atom. The molecule has 1 aromatic carbocycles. The van der Waals surface area contributed by atoms with Crippen molar-refractivity contribution in [2.24, 2.45) is 11.8 Å². The van der Waals surface area contributed by atoms with Gasteiger partial charge in [0.15, 0.2) is 0 Å². The molecule has 1 aromatic rings. The number of hydrogen-bond donors (Lipinski definition) is 3. The third kappa shape index (κ3) is 2.82. The molecule has 3 N–H and O–H groups in total. The van der Waals surface area contributed by atoms with Crippen molar-refractivity contribution in [1.29, 1.82) is 0 Å².